The number of nitrogens with two attached hydrogens (primary N) is 1. The summed E-state index contributed by atoms with van der Waals surface area (Å²) in [7, 11) is 1.63. The van der Waals surface area contributed by atoms with Gasteiger partial charge in [-0.2, -0.15) is 0 Å². The van der Waals surface area contributed by atoms with Crippen LogP contribution >= 0.6 is 0 Å². The molecule has 2 N–H and O–H groups in total. The molecule has 0 radical (unpaired) electrons. The number of benzene rings is 1. The highest BCUT2D eigenvalue weighted by molar-refractivity contribution is 6.04. The highest BCUT2D eigenvalue weighted by atomic mass is 16.6. The van der Waals surface area contributed by atoms with E-state index in [-0.39, 0.29) is 6.23 Å². The topological polar surface area (TPSA) is 86.3 Å². The summed E-state index contributed by atoms with van der Waals surface area (Å²) in [6.45, 7) is 5.47. The standard InChI is InChI=1S/C18H25N3O3/c1-18(2,3)24-17(22)14(19)11-12-5-7-13(8-6-12)16-20-10-9-15(21-16)23-4/h5-8,10,14-15H,9,11,19H2,1-4H3/t14-,15?/m0/s1. The van der Waals surface area contributed by atoms with Gasteiger partial charge in [0.2, 0.25) is 0 Å². The van der Waals surface area contributed by atoms with Gasteiger partial charge in [0, 0.05) is 25.3 Å². The van der Waals surface area contributed by atoms with Gasteiger partial charge in [0.1, 0.15) is 11.6 Å². The summed E-state index contributed by atoms with van der Waals surface area (Å²) in [5.41, 5.74) is 7.27. The Balaban J connectivity index is 2.01. The van der Waals surface area contributed by atoms with Crippen LogP contribution in [0.2, 0.25) is 0 Å². The Morgan fingerprint density at radius 1 is 1.33 bits per heavy atom. The summed E-state index contributed by atoms with van der Waals surface area (Å²) < 4.78 is 10.5. The maximum atomic E-state index is 11.9. The van der Waals surface area contributed by atoms with Crippen molar-refractivity contribution in [3.05, 3.63) is 35.4 Å². The average Bonchev–Trinajstić information content (AvgIpc) is 2.54. The second kappa shape index (κ2) is 7.68. The lowest BCUT2D eigenvalue weighted by Crippen LogP contribution is -2.38. The highest BCUT2D eigenvalue weighted by Gasteiger charge is 2.22. The maximum absolute atomic E-state index is 11.9. The van der Waals surface area contributed by atoms with Crippen LogP contribution in [-0.4, -0.2) is 43.0 Å². The molecule has 1 aliphatic rings. The molecule has 1 aromatic rings. The zero-order chi connectivity index (χ0) is 17.7. The highest BCUT2D eigenvalue weighted by Crippen LogP contribution is 2.14. The molecule has 2 rings (SSSR count). The molecule has 6 nitrogen and oxygen atoms in total. The van der Waals surface area contributed by atoms with E-state index in [2.05, 4.69) is 9.98 Å². The summed E-state index contributed by atoms with van der Waals surface area (Å²) >= 11 is 0. The third-order valence-corrected chi connectivity index (χ3v) is 3.44. The molecule has 2 atom stereocenters. The Kier molecular flexibility index (Phi) is 5.85. The zero-order valence-electron chi connectivity index (χ0n) is 14.7. The van der Waals surface area contributed by atoms with Crippen LogP contribution < -0.4 is 5.73 Å². The third-order valence-electron chi connectivity index (χ3n) is 3.44. The van der Waals surface area contributed by atoms with Crippen LogP contribution in [0.25, 0.3) is 0 Å². The predicted molar refractivity (Wildman–Crippen MR) is 94.4 cm³/mol. The van der Waals surface area contributed by atoms with Crippen LogP contribution in [0.15, 0.2) is 34.3 Å². The van der Waals surface area contributed by atoms with Crippen LogP contribution in [0, 0.1) is 0 Å². The van der Waals surface area contributed by atoms with Crippen molar-refractivity contribution in [3.63, 3.8) is 0 Å². The summed E-state index contributed by atoms with van der Waals surface area (Å²) in [6.07, 6.45) is 2.73. The van der Waals surface area contributed by atoms with Crippen LogP contribution in [-0.2, 0) is 20.7 Å². The molecule has 0 saturated heterocycles. The van der Waals surface area contributed by atoms with Crippen LogP contribution in [0.5, 0.6) is 0 Å². The Morgan fingerprint density at radius 2 is 2.00 bits per heavy atom. The van der Waals surface area contributed by atoms with Crippen molar-refractivity contribution < 1.29 is 14.3 Å². The van der Waals surface area contributed by atoms with Gasteiger partial charge in [0.05, 0.1) is 0 Å². The van der Waals surface area contributed by atoms with Gasteiger partial charge in [-0.1, -0.05) is 24.3 Å². The Hall–Kier alpha value is -2.05. The molecule has 1 aromatic carbocycles. The molecule has 0 saturated carbocycles. The largest absolute Gasteiger partial charge is 0.459 e. The normalized spacial score (nSPS) is 18.9. The first-order chi connectivity index (χ1) is 11.3. The van der Waals surface area contributed by atoms with E-state index in [1.54, 1.807) is 7.11 Å². The summed E-state index contributed by atoms with van der Waals surface area (Å²) in [5.74, 6) is 0.256. The molecule has 0 amide bonds. The molecule has 1 unspecified atom stereocenters. The minimum Gasteiger partial charge on any atom is -0.459 e. The molecule has 0 aromatic heterocycles. The van der Waals surface area contributed by atoms with Gasteiger partial charge in [0.25, 0.3) is 0 Å². The number of ether oxygens (including phenoxy) is 2. The van der Waals surface area contributed by atoms with Crippen molar-refractivity contribution in [2.24, 2.45) is 15.7 Å². The number of carbonyl (C=O) groups excluding carboxylic acids is 1. The number of nitrogens with zero attached hydrogens (tertiary/aromatic N) is 2. The first kappa shape index (κ1) is 18.3. The van der Waals surface area contributed by atoms with E-state index >= 15 is 0 Å². The fourth-order valence-corrected chi connectivity index (χ4v) is 2.25. The van der Waals surface area contributed by atoms with E-state index in [9.17, 15) is 4.79 Å². The predicted octanol–water partition coefficient (Wildman–Crippen LogP) is 2.09. The van der Waals surface area contributed by atoms with Crippen molar-refractivity contribution in [2.45, 2.75) is 51.5 Å². The Labute approximate surface area is 142 Å². The first-order valence-corrected chi connectivity index (χ1v) is 7.99. The van der Waals surface area contributed by atoms with Crippen molar-refractivity contribution >= 4 is 18.0 Å². The van der Waals surface area contributed by atoms with Gasteiger partial charge in [0.15, 0.2) is 12.1 Å². The molecular weight excluding hydrogens is 306 g/mol. The molecule has 0 bridgehead atoms. The SMILES string of the molecule is COC1CC=NC(c2ccc(C[C@H](N)C(=O)OC(C)(C)C)cc2)=N1. The molecule has 0 spiro atoms. The fraction of sp³-hybridized carbons (Fsp3) is 0.500. The molecule has 6 heteroatoms. The van der Waals surface area contributed by atoms with Crippen LogP contribution in [0.3, 0.4) is 0 Å². The van der Waals surface area contributed by atoms with E-state index in [4.69, 9.17) is 15.2 Å². The van der Waals surface area contributed by atoms with Gasteiger partial charge in [-0.25, -0.2) is 9.98 Å². The molecule has 0 fully saturated rings. The van der Waals surface area contributed by atoms with Gasteiger partial charge in [-0.3, -0.25) is 4.79 Å². The number of methoxy groups -OCH3 is 1. The van der Waals surface area contributed by atoms with E-state index in [1.165, 1.54) is 0 Å². The van der Waals surface area contributed by atoms with Gasteiger partial charge >= 0.3 is 5.97 Å². The average molecular weight is 331 g/mol. The molecule has 130 valence electrons. The van der Waals surface area contributed by atoms with Gasteiger partial charge in [-0.05, 0) is 32.8 Å². The number of esters is 1. The summed E-state index contributed by atoms with van der Waals surface area (Å²) in [6, 6.07) is 7.01. The number of aliphatic imine (C=N–C) groups is 2. The van der Waals surface area contributed by atoms with E-state index in [0.29, 0.717) is 18.7 Å². The number of carbonyl (C=O) groups is 1. The molecule has 24 heavy (non-hydrogen) atoms. The quantitative estimate of drug-likeness (QED) is 0.837. The molecule has 0 aliphatic carbocycles. The molecule has 1 aliphatic heterocycles. The Bertz CT molecular complexity index is 630. The zero-order valence-corrected chi connectivity index (χ0v) is 14.7. The molecule has 1 heterocycles. The number of hydrogen-bond acceptors (Lipinski definition) is 6. The van der Waals surface area contributed by atoms with Gasteiger partial charge < -0.3 is 15.2 Å². The fourth-order valence-electron chi connectivity index (χ4n) is 2.25. The second-order valence-electron chi connectivity index (χ2n) is 6.73. The van der Waals surface area contributed by atoms with Crippen molar-refractivity contribution in [1.29, 1.82) is 0 Å². The lowest BCUT2D eigenvalue weighted by Gasteiger charge is -2.22. The minimum absolute atomic E-state index is 0.183. The third kappa shape index (κ3) is 5.25. The van der Waals surface area contributed by atoms with E-state index < -0.39 is 17.6 Å². The van der Waals surface area contributed by atoms with Crippen molar-refractivity contribution in [1.82, 2.24) is 0 Å². The van der Waals surface area contributed by atoms with Crippen LogP contribution in [0.1, 0.15) is 38.3 Å². The number of rotatable bonds is 5. The van der Waals surface area contributed by atoms with E-state index in [0.717, 1.165) is 11.1 Å². The minimum atomic E-state index is -0.682. The molecular formula is C18H25N3O3. The van der Waals surface area contributed by atoms with Gasteiger partial charge in [-0.15, -0.1) is 0 Å². The lowest BCUT2D eigenvalue weighted by molar-refractivity contribution is -0.156. The summed E-state index contributed by atoms with van der Waals surface area (Å²) in [4.78, 5) is 20.7. The van der Waals surface area contributed by atoms with E-state index in [1.807, 2.05) is 51.3 Å². The van der Waals surface area contributed by atoms with Crippen LogP contribution in [0.4, 0.5) is 0 Å². The summed E-state index contributed by atoms with van der Waals surface area (Å²) in [5, 5.41) is 0. The van der Waals surface area contributed by atoms with Crippen molar-refractivity contribution in [2.75, 3.05) is 7.11 Å². The second-order valence-corrected chi connectivity index (χ2v) is 6.73. The monoisotopic (exact) mass is 331 g/mol. The maximum Gasteiger partial charge on any atom is 0.323 e. The Morgan fingerprint density at radius 3 is 2.58 bits per heavy atom. The van der Waals surface area contributed by atoms with Crippen molar-refractivity contribution in [3.8, 4) is 0 Å². The smallest absolute Gasteiger partial charge is 0.323 e. The number of hydrogen-bond donors (Lipinski definition) is 1. The first-order valence-electron chi connectivity index (χ1n) is 7.99. The number of amidine groups is 1. The lowest BCUT2D eigenvalue weighted by atomic mass is 10.0.